The number of carboxylic acids is 1. The van der Waals surface area contributed by atoms with Gasteiger partial charge in [0.05, 0.1) is 5.69 Å². The third kappa shape index (κ3) is 2.24. The number of aliphatic carboxylic acids is 1. The molecule has 0 saturated heterocycles. The molecule has 0 bridgehead atoms. The van der Waals surface area contributed by atoms with Crippen molar-refractivity contribution in [3.63, 3.8) is 0 Å². The molecule has 1 aromatic heterocycles. The van der Waals surface area contributed by atoms with Crippen LogP contribution in [-0.4, -0.2) is 21.0 Å². The van der Waals surface area contributed by atoms with Crippen LogP contribution in [-0.2, 0) is 4.79 Å². The first-order valence-electron chi connectivity index (χ1n) is 4.11. The molecular formula is C9H12N2O2. The maximum absolute atomic E-state index is 10.9. The first kappa shape index (κ1) is 9.64. The van der Waals surface area contributed by atoms with Crippen LogP contribution in [0.15, 0.2) is 18.6 Å². The molecule has 0 radical (unpaired) electrons. The number of nitrogens with zero attached hydrogens (tertiary/aromatic N) is 2. The van der Waals surface area contributed by atoms with Crippen LogP contribution >= 0.6 is 0 Å². The van der Waals surface area contributed by atoms with E-state index in [0.29, 0.717) is 5.69 Å². The van der Waals surface area contributed by atoms with E-state index < -0.39 is 11.9 Å². The molecular weight excluding hydrogens is 168 g/mol. The highest BCUT2D eigenvalue weighted by molar-refractivity contribution is 5.75. The predicted octanol–water partition coefficient (Wildman–Crippen LogP) is 1.30. The van der Waals surface area contributed by atoms with Crippen LogP contribution in [0, 0.1) is 5.92 Å². The van der Waals surface area contributed by atoms with Crippen molar-refractivity contribution in [3.8, 4) is 0 Å². The van der Waals surface area contributed by atoms with Gasteiger partial charge in [-0.25, -0.2) is 0 Å². The summed E-state index contributed by atoms with van der Waals surface area (Å²) in [6.07, 6.45) is 4.54. The topological polar surface area (TPSA) is 63.1 Å². The molecule has 0 aliphatic carbocycles. The second-order valence-electron chi connectivity index (χ2n) is 3.19. The molecule has 70 valence electrons. The maximum Gasteiger partial charge on any atom is 0.312 e. The first-order chi connectivity index (χ1) is 6.13. The van der Waals surface area contributed by atoms with Gasteiger partial charge in [0.25, 0.3) is 0 Å². The maximum atomic E-state index is 10.9. The third-order valence-electron chi connectivity index (χ3n) is 1.83. The molecule has 1 N–H and O–H groups in total. The second-order valence-corrected chi connectivity index (χ2v) is 3.19. The number of aromatic nitrogens is 2. The average molecular weight is 180 g/mol. The molecule has 1 rings (SSSR count). The Kier molecular flexibility index (Phi) is 2.95. The zero-order valence-corrected chi connectivity index (χ0v) is 7.64. The van der Waals surface area contributed by atoms with Gasteiger partial charge < -0.3 is 5.11 Å². The highest BCUT2D eigenvalue weighted by Gasteiger charge is 2.24. The molecule has 1 unspecified atom stereocenters. The zero-order chi connectivity index (χ0) is 9.84. The highest BCUT2D eigenvalue weighted by atomic mass is 16.4. The van der Waals surface area contributed by atoms with Crippen LogP contribution < -0.4 is 0 Å². The molecule has 0 aliphatic rings. The molecule has 0 aromatic carbocycles. The Morgan fingerprint density at radius 2 is 2.15 bits per heavy atom. The van der Waals surface area contributed by atoms with Gasteiger partial charge in [0.15, 0.2) is 0 Å². The van der Waals surface area contributed by atoms with E-state index in [-0.39, 0.29) is 5.92 Å². The molecule has 0 spiro atoms. The smallest absolute Gasteiger partial charge is 0.312 e. The Hall–Kier alpha value is -1.45. The van der Waals surface area contributed by atoms with E-state index in [0.717, 1.165) is 0 Å². The lowest BCUT2D eigenvalue weighted by Gasteiger charge is -2.14. The molecule has 0 aliphatic heterocycles. The fourth-order valence-corrected chi connectivity index (χ4v) is 1.22. The summed E-state index contributed by atoms with van der Waals surface area (Å²) in [5.41, 5.74) is 0.519. The van der Waals surface area contributed by atoms with Gasteiger partial charge in [-0.1, -0.05) is 13.8 Å². The lowest BCUT2D eigenvalue weighted by molar-refractivity contribution is -0.140. The van der Waals surface area contributed by atoms with E-state index >= 15 is 0 Å². The highest BCUT2D eigenvalue weighted by Crippen LogP contribution is 2.21. The van der Waals surface area contributed by atoms with Gasteiger partial charge >= 0.3 is 5.97 Å². The van der Waals surface area contributed by atoms with E-state index in [1.165, 1.54) is 18.6 Å². The number of hydrogen-bond donors (Lipinski definition) is 1. The van der Waals surface area contributed by atoms with Gasteiger partial charge in [-0.2, -0.15) is 0 Å². The summed E-state index contributed by atoms with van der Waals surface area (Å²) in [6.45, 7) is 3.71. The summed E-state index contributed by atoms with van der Waals surface area (Å²) in [7, 11) is 0. The molecule has 1 heterocycles. The second kappa shape index (κ2) is 3.98. The number of rotatable bonds is 3. The summed E-state index contributed by atoms with van der Waals surface area (Å²) in [5.74, 6) is -1.39. The van der Waals surface area contributed by atoms with Crippen molar-refractivity contribution >= 4 is 5.97 Å². The van der Waals surface area contributed by atoms with E-state index in [1.54, 1.807) is 0 Å². The van der Waals surface area contributed by atoms with Gasteiger partial charge in [-0.15, -0.1) is 0 Å². The van der Waals surface area contributed by atoms with Crippen LogP contribution in [0.25, 0.3) is 0 Å². The number of hydrogen-bond acceptors (Lipinski definition) is 3. The molecule has 4 heteroatoms. The van der Waals surface area contributed by atoms with Gasteiger partial charge in [-0.05, 0) is 5.92 Å². The standard InChI is InChI=1S/C9H12N2O2/c1-6(2)8(9(12)13)7-5-10-3-4-11-7/h3-6,8H,1-2H3,(H,12,13). The molecule has 1 aromatic rings. The molecule has 0 amide bonds. The minimum atomic E-state index is -0.851. The lowest BCUT2D eigenvalue weighted by Crippen LogP contribution is -2.18. The van der Waals surface area contributed by atoms with Crippen LogP contribution in [0.1, 0.15) is 25.5 Å². The quantitative estimate of drug-likeness (QED) is 0.761. The Bertz CT molecular complexity index is 285. The minimum absolute atomic E-state index is 0.0224. The van der Waals surface area contributed by atoms with Crippen molar-refractivity contribution in [1.82, 2.24) is 9.97 Å². The summed E-state index contributed by atoms with van der Waals surface area (Å²) in [6, 6.07) is 0. The Labute approximate surface area is 76.7 Å². The zero-order valence-electron chi connectivity index (χ0n) is 7.64. The lowest BCUT2D eigenvalue weighted by atomic mass is 9.93. The Balaban J connectivity index is 2.96. The van der Waals surface area contributed by atoms with Crippen LogP contribution in [0.3, 0.4) is 0 Å². The van der Waals surface area contributed by atoms with Crippen molar-refractivity contribution in [3.05, 3.63) is 24.3 Å². The largest absolute Gasteiger partial charge is 0.481 e. The molecule has 0 saturated carbocycles. The summed E-state index contributed by atoms with van der Waals surface area (Å²) in [4.78, 5) is 18.7. The van der Waals surface area contributed by atoms with Crippen molar-refractivity contribution < 1.29 is 9.90 Å². The average Bonchev–Trinajstić information content (AvgIpc) is 2.04. The number of carbonyl (C=O) groups is 1. The van der Waals surface area contributed by atoms with Gasteiger partial charge in [0, 0.05) is 18.6 Å². The normalized spacial score (nSPS) is 12.8. The van der Waals surface area contributed by atoms with Gasteiger partial charge in [-0.3, -0.25) is 14.8 Å². The van der Waals surface area contributed by atoms with E-state index in [4.69, 9.17) is 5.11 Å². The van der Waals surface area contributed by atoms with E-state index in [1.807, 2.05) is 13.8 Å². The van der Waals surface area contributed by atoms with Crippen LogP contribution in [0.2, 0.25) is 0 Å². The van der Waals surface area contributed by atoms with Gasteiger partial charge in [0.1, 0.15) is 5.92 Å². The monoisotopic (exact) mass is 180 g/mol. The summed E-state index contributed by atoms with van der Waals surface area (Å²) in [5, 5.41) is 8.93. The molecule has 0 fully saturated rings. The summed E-state index contributed by atoms with van der Waals surface area (Å²) >= 11 is 0. The third-order valence-corrected chi connectivity index (χ3v) is 1.83. The Morgan fingerprint density at radius 3 is 2.54 bits per heavy atom. The minimum Gasteiger partial charge on any atom is -0.481 e. The fraction of sp³-hybridized carbons (Fsp3) is 0.444. The van der Waals surface area contributed by atoms with Crippen molar-refractivity contribution in [1.29, 1.82) is 0 Å². The van der Waals surface area contributed by atoms with Crippen molar-refractivity contribution in [2.24, 2.45) is 5.92 Å². The van der Waals surface area contributed by atoms with Crippen LogP contribution in [0.4, 0.5) is 0 Å². The van der Waals surface area contributed by atoms with E-state index in [9.17, 15) is 4.79 Å². The number of carboxylic acid groups (broad SMARTS) is 1. The first-order valence-corrected chi connectivity index (χ1v) is 4.11. The molecule has 13 heavy (non-hydrogen) atoms. The van der Waals surface area contributed by atoms with Gasteiger partial charge in [0.2, 0.25) is 0 Å². The molecule has 4 nitrogen and oxygen atoms in total. The predicted molar refractivity (Wildman–Crippen MR) is 47.2 cm³/mol. The summed E-state index contributed by atoms with van der Waals surface area (Å²) < 4.78 is 0. The van der Waals surface area contributed by atoms with E-state index in [2.05, 4.69) is 9.97 Å². The van der Waals surface area contributed by atoms with Crippen LogP contribution in [0.5, 0.6) is 0 Å². The van der Waals surface area contributed by atoms with Crippen molar-refractivity contribution in [2.45, 2.75) is 19.8 Å². The SMILES string of the molecule is CC(C)C(C(=O)O)c1cnccn1. The fourth-order valence-electron chi connectivity index (χ4n) is 1.22. The molecule has 1 atom stereocenters. The van der Waals surface area contributed by atoms with Crippen molar-refractivity contribution in [2.75, 3.05) is 0 Å². The Morgan fingerprint density at radius 1 is 1.46 bits per heavy atom.